The molecule has 0 aromatic heterocycles. The number of hydrogen-bond acceptors (Lipinski definition) is 4. The molecule has 7 heteroatoms. The minimum Gasteiger partial charge on any atom is -0.480 e. The molecule has 1 unspecified atom stereocenters. The molecule has 1 aromatic rings. The second kappa shape index (κ2) is 8.78. The van der Waals surface area contributed by atoms with Crippen LogP contribution in [0.25, 0.3) is 0 Å². The molecule has 0 bridgehead atoms. The van der Waals surface area contributed by atoms with Crippen LogP contribution in [0.5, 0.6) is 0 Å². The van der Waals surface area contributed by atoms with Crippen LogP contribution >= 0.6 is 0 Å². The fourth-order valence-corrected chi connectivity index (χ4v) is 4.77. The molecule has 1 aromatic carbocycles. The molecule has 6 nitrogen and oxygen atoms in total. The van der Waals surface area contributed by atoms with Crippen molar-refractivity contribution in [3.05, 3.63) is 29.8 Å². The van der Waals surface area contributed by atoms with Crippen molar-refractivity contribution in [2.45, 2.75) is 38.0 Å². The number of carboxylic acids is 1. The second-order valence-corrected chi connectivity index (χ2v) is 9.08. The fourth-order valence-electron chi connectivity index (χ4n) is 3.21. The van der Waals surface area contributed by atoms with E-state index in [0.717, 1.165) is 24.8 Å². The van der Waals surface area contributed by atoms with Crippen LogP contribution in [-0.2, 0) is 21.2 Å². The van der Waals surface area contributed by atoms with Crippen LogP contribution in [0, 0.1) is 11.8 Å². The van der Waals surface area contributed by atoms with Gasteiger partial charge in [-0.2, -0.15) is 4.31 Å². The van der Waals surface area contributed by atoms with Gasteiger partial charge in [0.1, 0.15) is 0 Å². The third-order valence-electron chi connectivity index (χ3n) is 4.40. The van der Waals surface area contributed by atoms with Gasteiger partial charge in [0, 0.05) is 13.1 Å². The Morgan fingerprint density at radius 3 is 2.60 bits per heavy atom. The molecule has 2 rings (SSSR count). The van der Waals surface area contributed by atoms with E-state index >= 15 is 0 Å². The first kappa shape index (κ1) is 19.9. The minimum atomic E-state index is -3.49. The summed E-state index contributed by atoms with van der Waals surface area (Å²) in [6, 6.07) is 7.17. The zero-order valence-electron chi connectivity index (χ0n) is 14.9. The highest BCUT2D eigenvalue weighted by atomic mass is 32.2. The van der Waals surface area contributed by atoms with Crippen molar-refractivity contribution in [1.29, 1.82) is 0 Å². The van der Waals surface area contributed by atoms with Crippen molar-refractivity contribution in [3.8, 4) is 0 Å². The van der Waals surface area contributed by atoms with Crippen LogP contribution < -0.4 is 5.32 Å². The summed E-state index contributed by atoms with van der Waals surface area (Å²) in [5, 5.41) is 11.6. The van der Waals surface area contributed by atoms with Crippen molar-refractivity contribution in [2.24, 2.45) is 11.8 Å². The summed E-state index contributed by atoms with van der Waals surface area (Å²) in [6.45, 7) is 5.65. The molecule has 1 aliphatic rings. The van der Waals surface area contributed by atoms with E-state index in [4.69, 9.17) is 5.11 Å². The van der Waals surface area contributed by atoms with Gasteiger partial charge in [0.2, 0.25) is 10.0 Å². The summed E-state index contributed by atoms with van der Waals surface area (Å²) in [5.41, 5.74) is 1.14. The molecular weight excluding hydrogens is 340 g/mol. The number of carbonyl (C=O) groups is 1. The highest BCUT2D eigenvalue weighted by Gasteiger charge is 2.30. The molecule has 140 valence electrons. The molecule has 0 amide bonds. The van der Waals surface area contributed by atoms with Gasteiger partial charge >= 0.3 is 5.97 Å². The fraction of sp³-hybridized carbons (Fsp3) is 0.611. The average molecular weight is 368 g/mol. The zero-order chi connectivity index (χ0) is 18.4. The highest BCUT2D eigenvalue weighted by molar-refractivity contribution is 7.89. The largest absolute Gasteiger partial charge is 0.480 e. The molecule has 1 fully saturated rings. The number of benzene rings is 1. The van der Waals surface area contributed by atoms with Crippen LogP contribution in [0.1, 0.15) is 32.3 Å². The average Bonchev–Trinajstić information content (AvgIpc) is 2.55. The predicted molar refractivity (Wildman–Crippen MR) is 97.0 cm³/mol. The summed E-state index contributed by atoms with van der Waals surface area (Å²) in [7, 11) is -3.49. The normalized spacial score (nSPS) is 19.2. The second-order valence-electron chi connectivity index (χ2n) is 7.14. The quantitative estimate of drug-likeness (QED) is 0.732. The molecule has 2 N–H and O–H groups in total. The van der Waals surface area contributed by atoms with Gasteiger partial charge in [-0.15, -0.1) is 0 Å². The lowest BCUT2D eigenvalue weighted by Gasteiger charge is -2.32. The lowest BCUT2D eigenvalue weighted by atomic mass is 10.00. The SMILES string of the molecule is CC(C)Cc1ccc(S(=O)(=O)N2CCCC(CNCC(=O)O)C2)cc1. The molecule has 25 heavy (non-hydrogen) atoms. The van der Waals surface area contributed by atoms with Gasteiger partial charge in [0.15, 0.2) is 0 Å². The van der Waals surface area contributed by atoms with E-state index < -0.39 is 16.0 Å². The number of sulfonamides is 1. The van der Waals surface area contributed by atoms with Gasteiger partial charge in [-0.1, -0.05) is 26.0 Å². The zero-order valence-corrected chi connectivity index (χ0v) is 15.8. The molecule has 0 aliphatic carbocycles. The Balaban J connectivity index is 2.01. The number of nitrogens with one attached hydrogen (secondary N) is 1. The molecule has 1 heterocycles. The van der Waals surface area contributed by atoms with Crippen LogP contribution in [0.4, 0.5) is 0 Å². The summed E-state index contributed by atoms with van der Waals surface area (Å²) in [5.74, 6) is -0.228. The van der Waals surface area contributed by atoms with Crippen molar-refractivity contribution in [2.75, 3.05) is 26.2 Å². The van der Waals surface area contributed by atoms with Crippen LogP contribution in [-0.4, -0.2) is 50.0 Å². The van der Waals surface area contributed by atoms with Crippen molar-refractivity contribution >= 4 is 16.0 Å². The summed E-state index contributed by atoms with van der Waals surface area (Å²) >= 11 is 0. The Kier molecular flexibility index (Phi) is 6.98. The number of rotatable bonds is 8. The third-order valence-corrected chi connectivity index (χ3v) is 6.28. The number of carboxylic acid groups (broad SMARTS) is 1. The van der Waals surface area contributed by atoms with Crippen LogP contribution in [0.2, 0.25) is 0 Å². The Morgan fingerprint density at radius 1 is 1.32 bits per heavy atom. The molecule has 1 aliphatic heterocycles. The predicted octanol–water partition coefficient (Wildman–Crippen LogP) is 1.96. The van der Waals surface area contributed by atoms with E-state index in [2.05, 4.69) is 19.2 Å². The Labute approximate surface area is 150 Å². The topological polar surface area (TPSA) is 86.7 Å². The summed E-state index contributed by atoms with van der Waals surface area (Å²) in [6.07, 6.45) is 2.64. The van der Waals surface area contributed by atoms with E-state index in [1.54, 1.807) is 12.1 Å². The van der Waals surface area contributed by atoms with Gasteiger partial charge in [-0.05, 0) is 55.3 Å². The Hall–Kier alpha value is -1.44. The number of hydrogen-bond donors (Lipinski definition) is 2. The standard InChI is InChI=1S/C18H28N2O4S/c1-14(2)10-15-5-7-17(8-6-15)25(23,24)20-9-3-4-16(13-20)11-19-12-18(21)22/h5-8,14,16,19H,3-4,9-13H2,1-2H3,(H,21,22). The highest BCUT2D eigenvalue weighted by Crippen LogP contribution is 2.24. The van der Waals surface area contributed by atoms with Crippen LogP contribution in [0.15, 0.2) is 29.2 Å². The minimum absolute atomic E-state index is 0.0967. The first-order valence-corrected chi connectivity index (χ1v) is 10.2. The monoisotopic (exact) mass is 368 g/mol. The van der Waals surface area contributed by atoms with E-state index in [0.29, 0.717) is 30.4 Å². The number of aliphatic carboxylic acids is 1. The van der Waals surface area contributed by atoms with Gasteiger partial charge < -0.3 is 10.4 Å². The van der Waals surface area contributed by atoms with Gasteiger partial charge in [0.05, 0.1) is 11.4 Å². The first-order chi connectivity index (χ1) is 11.8. The van der Waals surface area contributed by atoms with Gasteiger partial charge in [0.25, 0.3) is 0 Å². The number of nitrogens with zero attached hydrogens (tertiary/aromatic N) is 1. The van der Waals surface area contributed by atoms with Gasteiger partial charge in [-0.25, -0.2) is 8.42 Å². The number of piperidine rings is 1. The summed E-state index contributed by atoms with van der Waals surface area (Å²) in [4.78, 5) is 10.9. The van der Waals surface area contributed by atoms with E-state index in [1.165, 1.54) is 4.31 Å². The van der Waals surface area contributed by atoms with E-state index in [1.807, 2.05) is 12.1 Å². The maximum Gasteiger partial charge on any atom is 0.317 e. The lowest BCUT2D eigenvalue weighted by molar-refractivity contribution is -0.136. The smallest absolute Gasteiger partial charge is 0.317 e. The van der Waals surface area contributed by atoms with E-state index in [9.17, 15) is 13.2 Å². The van der Waals surface area contributed by atoms with Gasteiger partial charge in [-0.3, -0.25) is 4.79 Å². The lowest BCUT2D eigenvalue weighted by Crippen LogP contribution is -2.43. The molecule has 1 saturated heterocycles. The first-order valence-electron chi connectivity index (χ1n) is 8.80. The molecular formula is C18H28N2O4S. The maximum atomic E-state index is 12.9. The van der Waals surface area contributed by atoms with Crippen molar-refractivity contribution < 1.29 is 18.3 Å². The Bertz CT molecular complexity index is 671. The third kappa shape index (κ3) is 5.80. The molecule has 1 atom stereocenters. The summed E-state index contributed by atoms with van der Waals surface area (Å²) < 4.78 is 27.2. The molecule has 0 spiro atoms. The van der Waals surface area contributed by atoms with Crippen molar-refractivity contribution in [1.82, 2.24) is 9.62 Å². The van der Waals surface area contributed by atoms with E-state index in [-0.39, 0.29) is 12.5 Å². The maximum absolute atomic E-state index is 12.9. The van der Waals surface area contributed by atoms with Crippen LogP contribution in [0.3, 0.4) is 0 Å². The molecule has 0 saturated carbocycles. The molecule has 0 radical (unpaired) electrons. The van der Waals surface area contributed by atoms with Crippen molar-refractivity contribution in [3.63, 3.8) is 0 Å². The Morgan fingerprint density at radius 2 is 2.00 bits per heavy atom.